The van der Waals surface area contributed by atoms with Gasteiger partial charge in [0.15, 0.2) is 12.3 Å². The van der Waals surface area contributed by atoms with Crippen LogP contribution in [-0.4, -0.2) is 84.8 Å². The highest BCUT2D eigenvalue weighted by atomic mass is 31.2. The summed E-state index contributed by atoms with van der Waals surface area (Å²) in [6.45, 7) is 5.00. The summed E-state index contributed by atoms with van der Waals surface area (Å²) in [6, 6.07) is 5.60. The van der Waals surface area contributed by atoms with Crippen LogP contribution in [0.1, 0.15) is 6.92 Å². The van der Waals surface area contributed by atoms with Gasteiger partial charge in [0.25, 0.3) is 0 Å². The van der Waals surface area contributed by atoms with Crippen LogP contribution in [0.2, 0.25) is 0 Å². The highest BCUT2D eigenvalue weighted by Gasteiger charge is 2.52. The summed E-state index contributed by atoms with van der Waals surface area (Å²) in [5, 5.41) is 13.2. The predicted molar refractivity (Wildman–Crippen MR) is 131 cm³/mol. The SMILES string of the molecule is C=C1[C@@H](N2C=NC3C(N)=NC=NC32)[C@@H](F)[C@H](O)[C@H]1COP(=O)(N[C@@H](C)C(=O)OC)Oc1ccccc1. The van der Waals surface area contributed by atoms with Crippen molar-refractivity contribution < 1.29 is 32.6 Å². The van der Waals surface area contributed by atoms with E-state index in [0.29, 0.717) is 5.57 Å². The van der Waals surface area contributed by atoms with Crippen LogP contribution in [0.5, 0.6) is 5.75 Å². The molecule has 36 heavy (non-hydrogen) atoms. The molecule has 3 aliphatic rings. The summed E-state index contributed by atoms with van der Waals surface area (Å²) < 4.78 is 44.8. The summed E-state index contributed by atoms with van der Waals surface area (Å²) in [5.41, 5.74) is 6.18. The number of carbonyl (C=O) groups excluding carboxylic acids is 1. The number of nitrogens with two attached hydrogens (primary N) is 1. The predicted octanol–water partition coefficient (Wildman–Crippen LogP) is 1.03. The number of nitrogens with one attached hydrogen (secondary N) is 1. The van der Waals surface area contributed by atoms with Crippen LogP contribution >= 0.6 is 7.75 Å². The van der Waals surface area contributed by atoms with Gasteiger partial charge in [-0.15, -0.1) is 0 Å². The Bertz CT molecular complexity index is 1130. The molecule has 0 aromatic heterocycles. The molecule has 1 aromatic rings. The first-order valence-corrected chi connectivity index (χ1v) is 12.7. The molecule has 0 saturated heterocycles. The van der Waals surface area contributed by atoms with E-state index in [9.17, 15) is 14.5 Å². The van der Waals surface area contributed by atoms with E-state index in [1.54, 1.807) is 30.3 Å². The van der Waals surface area contributed by atoms with Crippen LogP contribution < -0.4 is 15.3 Å². The number of hydrogen-bond acceptors (Lipinski definition) is 11. The van der Waals surface area contributed by atoms with E-state index in [1.165, 1.54) is 31.6 Å². The fourth-order valence-corrected chi connectivity index (χ4v) is 5.81. The zero-order valence-electron chi connectivity index (χ0n) is 19.7. The van der Waals surface area contributed by atoms with Gasteiger partial charge in [0.05, 0.1) is 32.2 Å². The van der Waals surface area contributed by atoms with Crippen molar-refractivity contribution in [2.75, 3.05) is 13.7 Å². The van der Waals surface area contributed by atoms with Crippen molar-refractivity contribution in [2.24, 2.45) is 26.6 Å². The first-order valence-electron chi connectivity index (χ1n) is 11.2. The molecule has 8 atom stereocenters. The second-order valence-corrected chi connectivity index (χ2v) is 10.2. The van der Waals surface area contributed by atoms with Gasteiger partial charge in [0.2, 0.25) is 0 Å². The van der Waals surface area contributed by atoms with E-state index in [-0.39, 0.29) is 11.6 Å². The molecule has 12 nitrogen and oxygen atoms in total. The molecule has 0 spiro atoms. The summed E-state index contributed by atoms with van der Waals surface area (Å²) in [7, 11) is -3.00. The maximum atomic E-state index is 15.4. The van der Waals surface area contributed by atoms with Gasteiger partial charge in [0, 0.05) is 5.92 Å². The molecule has 2 aliphatic heterocycles. The molecule has 0 bridgehead atoms. The van der Waals surface area contributed by atoms with Crippen molar-refractivity contribution in [1.29, 1.82) is 0 Å². The van der Waals surface area contributed by atoms with E-state index in [0.717, 1.165) is 0 Å². The lowest BCUT2D eigenvalue weighted by Gasteiger charge is -2.32. The smallest absolute Gasteiger partial charge is 0.459 e. The lowest BCUT2D eigenvalue weighted by molar-refractivity contribution is -0.142. The van der Waals surface area contributed by atoms with Gasteiger partial charge in [0.1, 0.15) is 30.0 Å². The van der Waals surface area contributed by atoms with Crippen molar-refractivity contribution in [3.63, 3.8) is 0 Å². The lowest BCUT2D eigenvalue weighted by Crippen LogP contribution is -2.50. The fourth-order valence-electron chi connectivity index (χ4n) is 4.29. The van der Waals surface area contributed by atoms with Crippen molar-refractivity contribution >= 4 is 32.2 Å². The Morgan fingerprint density at radius 3 is 2.78 bits per heavy atom. The average molecular weight is 522 g/mol. The summed E-state index contributed by atoms with van der Waals surface area (Å²) >= 11 is 0. The van der Waals surface area contributed by atoms with Gasteiger partial charge < -0.3 is 25.0 Å². The molecule has 2 heterocycles. The molecule has 1 saturated carbocycles. The van der Waals surface area contributed by atoms with Crippen LogP contribution in [0, 0.1) is 5.92 Å². The number of carbonyl (C=O) groups is 1. The number of halogens is 1. The Morgan fingerprint density at radius 1 is 1.36 bits per heavy atom. The molecular weight excluding hydrogens is 494 g/mol. The molecule has 194 valence electrons. The number of nitrogens with zero attached hydrogens (tertiary/aromatic N) is 4. The second-order valence-electron chi connectivity index (χ2n) is 8.52. The number of ether oxygens (including phenoxy) is 1. The van der Waals surface area contributed by atoms with Crippen molar-refractivity contribution in [1.82, 2.24) is 9.99 Å². The van der Waals surface area contributed by atoms with Crippen LogP contribution in [-0.2, 0) is 18.6 Å². The van der Waals surface area contributed by atoms with E-state index >= 15 is 4.39 Å². The Balaban J connectivity index is 1.50. The number of benzene rings is 1. The van der Waals surface area contributed by atoms with E-state index in [1.807, 2.05) is 0 Å². The van der Waals surface area contributed by atoms with Gasteiger partial charge in [-0.05, 0) is 24.6 Å². The topological polar surface area (TPSA) is 160 Å². The van der Waals surface area contributed by atoms with Gasteiger partial charge in [-0.3, -0.25) is 14.3 Å². The number of para-hydroxylation sites is 1. The number of alkyl halides is 1. The van der Waals surface area contributed by atoms with Gasteiger partial charge in [-0.2, -0.15) is 5.09 Å². The second kappa shape index (κ2) is 10.5. The zero-order chi connectivity index (χ0) is 26.0. The van der Waals surface area contributed by atoms with Crippen molar-refractivity contribution in [3.8, 4) is 5.75 Å². The fraction of sp³-hybridized carbons (Fsp3) is 0.455. The Kier molecular flexibility index (Phi) is 7.55. The van der Waals surface area contributed by atoms with Gasteiger partial charge in [-0.1, -0.05) is 24.8 Å². The van der Waals surface area contributed by atoms with Crippen LogP contribution in [0.25, 0.3) is 0 Å². The number of hydrogen-bond donors (Lipinski definition) is 3. The van der Waals surface area contributed by atoms with Crippen molar-refractivity contribution in [2.45, 2.75) is 43.5 Å². The molecule has 14 heteroatoms. The van der Waals surface area contributed by atoms with Gasteiger partial charge >= 0.3 is 13.7 Å². The van der Waals surface area contributed by atoms with Crippen LogP contribution in [0.4, 0.5) is 4.39 Å². The number of amidine groups is 1. The first-order chi connectivity index (χ1) is 17.1. The highest BCUT2D eigenvalue weighted by Crippen LogP contribution is 2.47. The summed E-state index contributed by atoms with van der Waals surface area (Å²) in [6.07, 6.45) is -1.20. The summed E-state index contributed by atoms with van der Waals surface area (Å²) in [4.78, 5) is 25.9. The molecule has 1 aromatic carbocycles. The third-order valence-electron chi connectivity index (χ3n) is 6.19. The molecule has 0 amide bonds. The quantitative estimate of drug-likeness (QED) is 0.244. The third-order valence-corrected chi connectivity index (χ3v) is 7.84. The maximum absolute atomic E-state index is 15.4. The largest absolute Gasteiger partial charge is 0.468 e. The number of aliphatic hydroxyl groups is 1. The van der Waals surface area contributed by atoms with E-state index in [2.05, 4.69) is 31.4 Å². The molecule has 0 radical (unpaired) electrons. The average Bonchev–Trinajstić information content (AvgIpc) is 3.37. The normalized spacial score (nSPS) is 31.5. The Morgan fingerprint density at radius 2 is 2.08 bits per heavy atom. The number of aliphatic hydroxyl groups excluding tert-OH is 1. The number of fused-ring (bicyclic) bond motifs is 1. The Hall–Kier alpha value is -3.12. The monoisotopic (exact) mass is 522 g/mol. The standard InChI is InChI=1S/C22H28FN6O6P/c1-12-15(19(30)16(23)18(12)29-11-27-17-20(24)25-10-26-21(17)29)9-34-36(32,28-13(2)22(31)33-3)35-14-7-5-4-6-8-14/h4-8,10-11,13,15-19,21,30H,1,9H2,2-3H3,(H,28,32)(H2,24,25,26)/t13-,15-,16+,17?,18+,19+,21?,36?/m0/s1. The minimum atomic E-state index is -4.19. The molecule has 1 fully saturated rings. The molecule has 3 unspecified atom stereocenters. The molecule has 4 rings (SSSR count). The van der Waals surface area contributed by atoms with Crippen LogP contribution in [0.3, 0.4) is 0 Å². The minimum absolute atomic E-state index is 0.214. The van der Waals surface area contributed by atoms with Crippen LogP contribution in [0.15, 0.2) is 57.5 Å². The summed E-state index contributed by atoms with van der Waals surface area (Å²) in [5.74, 6) is -1.17. The Labute approximate surface area is 207 Å². The van der Waals surface area contributed by atoms with E-state index in [4.69, 9.17) is 14.8 Å². The lowest BCUT2D eigenvalue weighted by atomic mass is 10.0. The zero-order valence-corrected chi connectivity index (χ0v) is 20.6. The highest BCUT2D eigenvalue weighted by molar-refractivity contribution is 7.52. The maximum Gasteiger partial charge on any atom is 0.459 e. The molecular formula is C22H28FN6O6P. The number of methoxy groups -OCH3 is 1. The third kappa shape index (κ3) is 5.05. The van der Waals surface area contributed by atoms with E-state index < -0.39 is 62.8 Å². The first kappa shape index (κ1) is 26.0. The molecule has 4 N–H and O–H groups in total. The number of rotatable bonds is 9. The van der Waals surface area contributed by atoms with Crippen molar-refractivity contribution in [3.05, 3.63) is 42.5 Å². The minimum Gasteiger partial charge on any atom is -0.468 e. The number of aliphatic imine (C=N–C) groups is 3. The van der Waals surface area contributed by atoms with Gasteiger partial charge in [-0.25, -0.2) is 18.9 Å². The number of esters is 1. The molecule has 1 aliphatic carbocycles.